The molecule has 0 spiro atoms. The lowest BCUT2D eigenvalue weighted by molar-refractivity contribution is -0.139. The SMILES string of the molecule is CCC(C)NC(=O)C(Cc1ccccc1)N(Cc1cccc(Br)c1)C(=O)CSCc1ccc(C)cc1. The standard InChI is InChI=1S/C30H35BrN2O2S/c1-4-23(3)32-30(35)28(18-24-9-6-5-7-10-24)33(19-26-11-8-12-27(31)17-26)29(34)21-36-20-25-15-13-22(2)14-16-25/h5-17,23,28H,4,18-21H2,1-3H3,(H,32,35). The van der Waals surface area contributed by atoms with Crippen LogP contribution in [0.2, 0.25) is 0 Å². The third kappa shape index (κ3) is 8.82. The number of thioether (sulfide) groups is 1. The summed E-state index contributed by atoms with van der Waals surface area (Å²) in [7, 11) is 0. The van der Waals surface area contributed by atoms with Gasteiger partial charge in [0.25, 0.3) is 0 Å². The third-order valence-electron chi connectivity index (χ3n) is 6.13. The molecule has 0 bridgehead atoms. The van der Waals surface area contributed by atoms with Gasteiger partial charge in [0.05, 0.1) is 5.75 Å². The molecule has 0 aliphatic carbocycles. The van der Waals surface area contributed by atoms with E-state index >= 15 is 0 Å². The lowest BCUT2D eigenvalue weighted by Crippen LogP contribution is -2.52. The van der Waals surface area contributed by atoms with Crippen LogP contribution in [-0.2, 0) is 28.3 Å². The van der Waals surface area contributed by atoms with Crippen LogP contribution >= 0.6 is 27.7 Å². The molecule has 0 radical (unpaired) electrons. The van der Waals surface area contributed by atoms with Gasteiger partial charge in [0.15, 0.2) is 0 Å². The monoisotopic (exact) mass is 566 g/mol. The van der Waals surface area contributed by atoms with Crippen LogP contribution in [0.3, 0.4) is 0 Å². The molecule has 0 fully saturated rings. The fourth-order valence-corrected chi connectivity index (χ4v) is 5.17. The second-order valence-electron chi connectivity index (χ2n) is 9.15. The van der Waals surface area contributed by atoms with Gasteiger partial charge in [0.1, 0.15) is 6.04 Å². The zero-order valence-electron chi connectivity index (χ0n) is 21.2. The van der Waals surface area contributed by atoms with E-state index in [0.29, 0.717) is 18.7 Å². The molecule has 2 unspecified atom stereocenters. The summed E-state index contributed by atoms with van der Waals surface area (Å²) in [5.74, 6) is 0.913. The van der Waals surface area contributed by atoms with Crippen LogP contribution < -0.4 is 5.32 Å². The van der Waals surface area contributed by atoms with Crippen LogP contribution in [0.1, 0.15) is 42.5 Å². The molecule has 3 aromatic rings. The van der Waals surface area contributed by atoms with Crippen molar-refractivity contribution < 1.29 is 9.59 Å². The van der Waals surface area contributed by atoms with Gasteiger partial charge in [-0.15, -0.1) is 11.8 Å². The molecule has 0 saturated carbocycles. The van der Waals surface area contributed by atoms with Crippen molar-refractivity contribution in [2.24, 2.45) is 0 Å². The number of benzene rings is 3. The molecular formula is C30H35BrN2O2S. The molecular weight excluding hydrogens is 532 g/mol. The Bertz CT molecular complexity index is 1120. The number of carbonyl (C=O) groups is 2. The van der Waals surface area contributed by atoms with E-state index in [9.17, 15) is 9.59 Å². The summed E-state index contributed by atoms with van der Waals surface area (Å²) in [6, 6.07) is 25.7. The highest BCUT2D eigenvalue weighted by molar-refractivity contribution is 9.10. The molecule has 0 saturated heterocycles. The Labute approximate surface area is 228 Å². The van der Waals surface area contributed by atoms with E-state index < -0.39 is 6.04 Å². The van der Waals surface area contributed by atoms with Crippen LogP contribution in [0.15, 0.2) is 83.3 Å². The number of rotatable bonds is 12. The minimum atomic E-state index is -0.604. The van der Waals surface area contributed by atoms with E-state index in [2.05, 4.69) is 52.4 Å². The summed E-state index contributed by atoms with van der Waals surface area (Å²) >= 11 is 5.12. The van der Waals surface area contributed by atoms with Gasteiger partial charge in [0, 0.05) is 29.2 Å². The average molecular weight is 568 g/mol. The molecule has 2 amide bonds. The number of carbonyl (C=O) groups excluding carboxylic acids is 2. The molecule has 6 heteroatoms. The van der Waals surface area contributed by atoms with Crippen LogP contribution in [0.5, 0.6) is 0 Å². The Kier molecular flexibility index (Phi) is 11.1. The van der Waals surface area contributed by atoms with E-state index in [1.54, 1.807) is 16.7 Å². The first-order chi connectivity index (χ1) is 17.4. The topological polar surface area (TPSA) is 49.4 Å². The summed E-state index contributed by atoms with van der Waals surface area (Å²) in [5.41, 5.74) is 4.42. The van der Waals surface area contributed by atoms with Gasteiger partial charge in [0.2, 0.25) is 11.8 Å². The van der Waals surface area contributed by atoms with E-state index in [1.807, 2.05) is 68.4 Å². The predicted octanol–water partition coefficient (Wildman–Crippen LogP) is 6.55. The molecule has 36 heavy (non-hydrogen) atoms. The minimum Gasteiger partial charge on any atom is -0.352 e. The average Bonchev–Trinajstić information content (AvgIpc) is 2.87. The minimum absolute atomic E-state index is 0.0349. The Morgan fingerprint density at radius 3 is 2.31 bits per heavy atom. The number of hydrogen-bond acceptors (Lipinski definition) is 3. The van der Waals surface area contributed by atoms with Crippen molar-refractivity contribution in [1.29, 1.82) is 0 Å². The van der Waals surface area contributed by atoms with E-state index in [0.717, 1.165) is 27.8 Å². The lowest BCUT2D eigenvalue weighted by atomic mass is 10.0. The fourth-order valence-electron chi connectivity index (χ4n) is 3.85. The molecule has 3 aromatic carbocycles. The van der Waals surface area contributed by atoms with E-state index in [1.165, 1.54) is 11.1 Å². The van der Waals surface area contributed by atoms with E-state index in [-0.39, 0.29) is 17.9 Å². The van der Waals surface area contributed by atoms with Crippen molar-refractivity contribution in [3.63, 3.8) is 0 Å². The summed E-state index contributed by atoms with van der Waals surface area (Å²) in [4.78, 5) is 29.0. The van der Waals surface area contributed by atoms with Gasteiger partial charge in [-0.25, -0.2) is 0 Å². The molecule has 3 rings (SSSR count). The van der Waals surface area contributed by atoms with Crippen LogP contribution in [0, 0.1) is 6.92 Å². The summed E-state index contributed by atoms with van der Waals surface area (Å²) < 4.78 is 0.949. The molecule has 0 aliphatic heterocycles. The number of hydrogen-bond donors (Lipinski definition) is 1. The maximum atomic E-state index is 13.7. The van der Waals surface area contributed by atoms with Crippen molar-refractivity contribution >= 4 is 39.5 Å². The van der Waals surface area contributed by atoms with Crippen molar-refractivity contribution in [3.05, 3.63) is 106 Å². The third-order valence-corrected chi connectivity index (χ3v) is 7.61. The first kappa shape index (κ1) is 28.0. The molecule has 190 valence electrons. The molecule has 0 heterocycles. The van der Waals surface area contributed by atoms with Crippen LogP contribution in [0.25, 0.3) is 0 Å². The Balaban J connectivity index is 1.85. The summed E-state index contributed by atoms with van der Waals surface area (Å²) in [5, 5.41) is 3.12. The first-order valence-corrected chi connectivity index (χ1v) is 14.3. The summed E-state index contributed by atoms with van der Waals surface area (Å²) in [6.45, 7) is 6.48. The largest absolute Gasteiger partial charge is 0.352 e. The Hall–Kier alpha value is -2.57. The number of nitrogens with zero attached hydrogens (tertiary/aromatic N) is 1. The van der Waals surface area contributed by atoms with Crippen molar-refractivity contribution in [2.75, 3.05) is 5.75 Å². The zero-order chi connectivity index (χ0) is 25.9. The van der Waals surface area contributed by atoms with Crippen LogP contribution in [-0.4, -0.2) is 34.6 Å². The van der Waals surface area contributed by atoms with Crippen molar-refractivity contribution in [3.8, 4) is 0 Å². The van der Waals surface area contributed by atoms with Crippen LogP contribution in [0.4, 0.5) is 0 Å². The van der Waals surface area contributed by atoms with Gasteiger partial charge < -0.3 is 10.2 Å². The molecule has 2 atom stereocenters. The highest BCUT2D eigenvalue weighted by Gasteiger charge is 2.30. The molecule has 4 nitrogen and oxygen atoms in total. The van der Waals surface area contributed by atoms with Gasteiger partial charge in [-0.1, -0.05) is 95.1 Å². The fraction of sp³-hybridized carbons (Fsp3) is 0.333. The smallest absolute Gasteiger partial charge is 0.243 e. The number of halogens is 1. The lowest BCUT2D eigenvalue weighted by Gasteiger charge is -2.32. The van der Waals surface area contributed by atoms with Gasteiger partial charge in [-0.05, 0) is 49.1 Å². The van der Waals surface area contributed by atoms with Crippen molar-refractivity contribution in [2.45, 2.75) is 58.0 Å². The van der Waals surface area contributed by atoms with Gasteiger partial charge >= 0.3 is 0 Å². The quantitative estimate of drug-likeness (QED) is 0.270. The molecule has 0 aliphatic rings. The van der Waals surface area contributed by atoms with Gasteiger partial charge in [-0.3, -0.25) is 9.59 Å². The second kappa shape index (κ2) is 14.2. The second-order valence-corrected chi connectivity index (χ2v) is 11.1. The number of nitrogens with one attached hydrogen (secondary N) is 1. The number of aryl methyl sites for hydroxylation is 1. The van der Waals surface area contributed by atoms with Gasteiger partial charge in [-0.2, -0.15) is 0 Å². The maximum Gasteiger partial charge on any atom is 0.243 e. The molecule has 0 aromatic heterocycles. The predicted molar refractivity (Wildman–Crippen MR) is 154 cm³/mol. The number of amides is 2. The Morgan fingerprint density at radius 1 is 0.944 bits per heavy atom. The normalized spacial score (nSPS) is 12.6. The van der Waals surface area contributed by atoms with E-state index in [4.69, 9.17) is 0 Å². The Morgan fingerprint density at radius 2 is 1.64 bits per heavy atom. The first-order valence-electron chi connectivity index (χ1n) is 12.4. The highest BCUT2D eigenvalue weighted by atomic mass is 79.9. The van der Waals surface area contributed by atoms with Crippen molar-refractivity contribution in [1.82, 2.24) is 10.2 Å². The molecule has 1 N–H and O–H groups in total. The maximum absolute atomic E-state index is 13.7. The summed E-state index contributed by atoms with van der Waals surface area (Å²) in [6.07, 6.45) is 1.29. The highest BCUT2D eigenvalue weighted by Crippen LogP contribution is 2.20. The zero-order valence-corrected chi connectivity index (χ0v) is 23.6.